The first-order valence-corrected chi connectivity index (χ1v) is 3.65. The molecule has 2 nitrogen and oxygen atoms in total. The first-order valence-electron chi connectivity index (χ1n) is 3.65. The van der Waals surface area contributed by atoms with Crippen molar-refractivity contribution in [2.24, 2.45) is 0 Å². The minimum absolute atomic E-state index is 0.502. The number of nitriles is 1. The van der Waals surface area contributed by atoms with Gasteiger partial charge in [0.1, 0.15) is 0 Å². The molecule has 0 aliphatic carbocycles. The van der Waals surface area contributed by atoms with E-state index < -0.39 is 0 Å². The fraction of sp³-hybridized carbons (Fsp3) is 0.625. The summed E-state index contributed by atoms with van der Waals surface area (Å²) in [4.78, 5) is 0. The predicted octanol–water partition coefficient (Wildman–Crippen LogP) is 1.80. The van der Waals surface area contributed by atoms with Crippen LogP contribution in [0.5, 0.6) is 0 Å². The van der Waals surface area contributed by atoms with Gasteiger partial charge in [0.15, 0.2) is 0 Å². The third kappa shape index (κ3) is 3.96. The van der Waals surface area contributed by atoms with Crippen LogP contribution in [0.4, 0.5) is 0 Å². The number of hydrogen-bond acceptors (Lipinski definition) is 2. The van der Waals surface area contributed by atoms with Crippen molar-refractivity contribution in [3.63, 3.8) is 0 Å². The summed E-state index contributed by atoms with van der Waals surface area (Å²) in [6.07, 6.45) is 3.54. The Morgan fingerprint density at radius 2 is 2.30 bits per heavy atom. The number of nitrogens with zero attached hydrogens (tertiary/aromatic N) is 1. The van der Waals surface area contributed by atoms with Crippen molar-refractivity contribution >= 4 is 0 Å². The van der Waals surface area contributed by atoms with Crippen LogP contribution in [0, 0.1) is 11.3 Å². The summed E-state index contributed by atoms with van der Waals surface area (Å²) in [6.45, 7) is 4.99. The van der Waals surface area contributed by atoms with Gasteiger partial charge in [-0.25, -0.2) is 0 Å². The Kier molecular flexibility index (Phi) is 5.56. The zero-order chi connectivity index (χ0) is 7.82. The Hall–Kier alpha value is -0.970. The zero-order valence-electron chi connectivity index (χ0n) is 6.65. The molecule has 0 unspecified atom stereocenters. The van der Waals surface area contributed by atoms with Gasteiger partial charge in [-0.05, 0) is 13.3 Å². The van der Waals surface area contributed by atoms with E-state index in [1.54, 1.807) is 0 Å². The molecule has 0 aliphatic rings. The largest absolute Gasteiger partial charge is 0.388 e. The second-order valence-electron chi connectivity index (χ2n) is 2.00. The lowest BCUT2D eigenvalue weighted by Gasteiger charge is -2.02. The first kappa shape index (κ1) is 9.03. The van der Waals surface area contributed by atoms with Crippen LogP contribution in [0.3, 0.4) is 0 Å². The van der Waals surface area contributed by atoms with Crippen molar-refractivity contribution in [1.82, 2.24) is 5.32 Å². The number of nitrogens with one attached hydrogen (secondary N) is 1. The fourth-order valence-corrected chi connectivity index (χ4v) is 0.765. The minimum atomic E-state index is 0.502. The topological polar surface area (TPSA) is 35.8 Å². The van der Waals surface area contributed by atoms with Crippen LogP contribution in [0.2, 0.25) is 0 Å². The Bertz CT molecular complexity index is 142. The Labute approximate surface area is 62.5 Å². The smallest absolute Gasteiger partial charge is 0.0745 e. The Morgan fingerprint density at radius 3 is 2.70 bits per heavy atom. The van der Waals surface area contributed by atoms with Gasteiger partial charge in [0.25, 0.3) is 0 Å². The Balaban J connectivity index is 3.75. The van der Waals surface area contributed by atoms with Gasteiger partial charge in [0, 0.05) is 12.2 Å². The second kappa shape index (κ2) is 6.15. The monoisotopic (exact) mass is 138 g/mol. The van der Waals surface area contributed by atoms with Crippen molar-refractivity contribution in [3.8, 4) is 6.07 Å². The summed E-state index contributed by atoms with van der Waals surface area (Å²) < 4.78 is 0. The lowest BCUT2D eigenvalue weighted by molar-refractivity contribution is 0.821. The zero-order valence-corrected chi connectivity index (χ0v) is 6.65. The maximum absolute atomic E-state index is 8.36. The third-order valence-corrected chi connectivity index (χ3v) is 1.12. The molecule has 0 aromatic carbocycles. The molecule has 2 heteroatoms. The molecular weight excluding hydrogens is 124 g/mol. The lowest BCUT2D eigenvalue weighted by Crippen LogP contribution is -2.11. The lowest BCUT2D eigenvalue weighted by atomic mass is 10.3. The molecule has 0 saturated heterocycles. The van der Waals surface area contributed by atoms with E-state index in [2.05, 4.69) is 18.3 Å². The highest BCUT2D eigenvalue weighted by molar-refractivity contribution is 5.04. The SMILES string of the molecule is CC/C=C(\CC#N)NCC. The molecule has 0 saturated carbocycles. The predicted molar refractivity (Wildman–Crippen MR) is 42.3 cm³/mol. The molecule has 0 aliphatic heterocycles. The third-order valence-electron chi connectivity index (χ3n) is 1.12. The van der Waals surface area contributed by atoms with E-state index in [0.717, 1.165) is 18.7 Å². The summed E-state index contributed by atoms with van der Waals surface area (Å²) in [5, 5.41) is 11.5. The minimum Gasteiger partial charge on any atom is -0.388 e. The summed E-state index contributed by atoms with van der Waals surface area (Å²) >= 11 is 0. The molecule has 0 atom stereocenters. The van der Waals surface area contributed by atoms with Crippen molar-refractivity contribution in [2.75, 3.05) is 6.54 Å². The summed E-state index contributed by atoms with van der Waals surface area (Å²) in [6, 6.07) is 2.11. The number of rotatable bonds is 4. The number of allylic oxidation sites excluding steroid dienone is 2. The van der Waals surface area contributed by atoms with Gasteiger partial charge in [0.2, 0.25) is 0 Å². The van der Waals surface area contributed by atoms with E-state index in [-0.39, 0.29) is 0 Å². The van der Waals surface area contributed by atoms with Crippen LogP contribution in [-0.2, 0) is 0 Å². The van der Waals surface area contributed by atoms with Crippen LogP contribution in [-0.4, -0.2) is 6.54 Å². The van der Waals surface area contributed by atoms with Crippen molar-refractivity contribution < 1.29 is 0 Å². The molecule has 0 radical (unpaired) electrons. The molecule has 1 N–H and O–H groups in total. The van der Waals surface area contributed by atoms with Gasteiger partial charge < -0.3 is 5.32 Å². The van der Waals surface area contributed by atoms with E-state index in [4.69, 9.17) is 5.26 Å². The van der Waals surface area contributed by atoms with Gasteiger partial charge in [-0.1, -0.05) is 13.0 Å². The van der Waals surface area contributed by atoms with Crippen LogP contribution in [0.25, 0.3) is 0 Å². The molecule has 0 rings (SSSR count). The number of hydrogen-bond donors (Lipinski definition) is 1. The molecule has 0 heterocycles. The average molecular weight is 138 g/mol. The standard InChI is InChI=1S/C8H14N2/c1-3-5-8(6-7-9)10-4-2/h5,10H,3-4,6H2,1-2H3/b8-5+. The van der Waals surface area contributed by atoms with E-state index in [9.17, 15) is 0 Å². The Morgan fingerprint density at radius 1 is 1.60 bits per heavy atom. The average Bonchev–Trinajstić information content (AvgIpc) is 1.90. The van der Waals surface area contributed by atoms with Gasteiger partial charge >= 0.3 is 0 Å². The van der Waals surface area contributed by atoms with Crippen LogP contribution >= 0.6 is 0 Å². The summed E-state index contributed by atoms with van der Waals surface area (Å²) in [7, 11) is 0. The molecule has 0 aromatic heterocycles. The highest BCUT2D eigenvalue weighted by Crippen LogP contribution is 1.96. The maximum atomic E-state index is 8.36. The van der Waals surface area contributed by atoms with Gasteiger partial charge in [0.05, 0.1) is 12.5 Å². The van der Waals surface area contributed by atoms with E-state index >= 15 is 0 Å². The molecule has 0 bridgehead atoms. The molecule has 0 fully saturated rings. The molecule has 0 aromatic rings. The van der Waals surface area contributed by atoms with Gasteiger partial charge in [-0.15, -0.1) is 0 Å². The first-order chi connectivity index (χ1) is 4.85. The normalized spacial score (nSPS) is 10.7. The van der Waals surface area contributed by atoms with Crippen molar-refractivity contribution in [1.29, 1.82) is 5.26 Å². The molecule has 56 valence electrons. The van der Waals surface area contributed by atoms with Crippen LogP contribution < -0.4 is 5.32 Å². The van der Waals surface area contributed by atoms with E-state index in [0.29, 0.717) is 6.42 Å². The van der Waals surface area contributed by atoms with Crippen molar-refractivity contribution in [2.45, 2.75) is 26.7 Å². The molecule has 10 heavy (non-hydrogen) atoms. The highest BCUT2D eigenvalue weighted by atomic mass is 14.9. The van der Waals surface area contributed by atoms with Gasteiger partial charge in [-0.3, -0.25) is 0 Å². The highest BCUT2D eigenvalue weighted by Gasteiger charge is 1.90. The second-order valence-corrected chi connectivity index (χ2v) is 2.00. The maximum Gasteiger partial charge on any atom is 0.0745 e. The van der Waals surface area contributed by atoms with Crippen LogP contribution in [0.15, 0.2) is 11.8 Å². The van der Waals surface area contributed by atoms with E-state index in [1.165, 1.54) is 0 Å². The molecule has 0 spiro atoms. The van der Waals surface area contributed by atoms with Crippen LogP contribution in [0.1, 0.15) is 26.7 Å². The quantitative estimate of drug-likeness (QED) is 0.643. The summed E-state index contributed by atoms with van der Waals surface area (Å²) in [5.74, 6) is 0. The summed E-state index contributed by atoms with van der Waals surface area (Å²) in [5.41, 5.74) is 1.05. The van der Waals surface area contributed by atoms with Crippen molar-refractivity contribution in [3.05, 3.63) is 11.8 Å². The van der Waals surface area contributed by atoms with Gasteiger partial charge in [-0.2, -0.15) is 5.26 Å². The van der Waals surface area contributed by atoms with E-state index in [1.807, 2.05) is 13.0 Å². The molecule has 0 amide bonds. The fourth-order valence-electron chi connectivity index (χ4n) is 0.765. The molecular formula is C8H14N2.